The largest absolute Gasteiger partial charge is 0.347 e. The third kappa shape index (κ3) is 3.01. The van der Waals surface area contributed by atoms with Crippen LogP contribution in [0.15, 0.2) is 35.7 Å². The first kappa shape index (κ1) is 16.8. The molecule has 0 bridgehead atoms. The van der Waals surface area contributed by atoms with E-state index in [2.05, 4.69) is 5.32 Å². The van der Waals surface area contributed by atoms with E-state index >= 15 is 0 Å². The first-order chi connectivity index (χ1) is 11.9. The second-order valence-electron chi connectivity index (χ2n) is 5.46. The van der Waals surface area contributed by atoms with E-state index in [1.807, 2.05) is 17.5 Å². The molecule has 2 heterocycles. The van der Waals surface area contributed by atoms with Crippen molar-refractivity contribution in [2.24, 2.45) is 0 Å². The molecule has 0 saturated carbocycles. The molecule has 1 aromatic heterocycles. The average molecular weight is 359 g/mol. The Bertz CT molecular complexity index is 878. The number of amides is 3. The van der Waals surface area contributed by atoms with E-state index in [0.29, 0.717) is 0 Å². The highest BCUT2D eigenvalue weighted by Gasteiger charge is 2.41. The van der Waals surface area contributed by atoms with E-state index in [9.17, 15) is 24.5 Å². The quantitative estimate of drug-likeness (QED) is 0.500. The predicted octanol–water partition coefficient (Wildman–Crippen LogP) is 2.13. The van der Waals surface area contributed by atoms with Crippen LogP contribution in [0.5, 0.6) is 0 Å². The van der Waals surface area contributed by atoms with Crippen LogP contribution in [0.2, 0.25) is 0 Å². The smallest absolute Gasteiger partial charge is 0.282 e. The maximum atomic E-state index is 12.4. The predicted molar refractivity (Wildman–Crippen MR) is 89.3 cm³/mol. The summed E-state index contributed by atoms with van der Waals surface area (Å²) in [7, 11) is 0. The fourth-order valence-electron chi connectivity index (χ4n) is 2.65. The van der Waals surface area contributed by atoms with Crippen LogP contribution in [0.4, 0.5) is 5.69 Å². The summed E-state index contributed by atoms with van der Waals surface area (Å²) in [6, 6.07) is 7.29. The molecule has 0 spiro atoms. The number of thiophene rings is 1. The van der Waals surface area contributed by atoms with Crippen molar-refractivity contribution < 1.29 is 19.3 Å². The van der Waals surface area contributed by atoms with Crippen molar-refractivity contribution in [3.05, 3.63) is 61.8 Å². The van der Waals surface area contributed by atoms with Gasteiger partial charge in [-0.2, -0.15) is 0 Å². The molecular formula is C16H13N3O5S. The Labute approximate surface area is 146 Å². The number of nitrogens with zero attached hydrogens (tertiary/aromatic N) is 2. The number of imide groups is 1. The Morgan fingerprint density at radius 1 is 1.28 bits per heavy atom. The summed E-state index contributed by atoms with van der Waals surface area (Å²) in [5, 5.41) is 15.6. The molecule has 0 radical (unpaired) electrons. The minimum absolute atomic E-state index is 0.0571. The van der Waals surface area contributed by atoms with Gasteiger partial charge in [-0.15, -0.1) is 11.3 Å². The lowest BCUT2D eigenvalue weighted by Gasteiger charge is -2.16. The SMILES string of the molecule is C[C@H](NC(=O)CN1C(=O)c2cccc([N+](=O)[O-])c2C1=O)c1cccs1. The molecule has 0 fully saturated rings. The van der Waals surface area contributed by atoms with Crippen LogP contribution in [0, 0.1) is 10.1 Å². The van der Waals surface area contributed by atoms with Gasteiger partial charge in [0.25, 0.3) is 17.5 Å². The number of fused-ring (bicyclic) bond motifs is 1. The first-order valence-electron chi connectivity index (χ1n) is 7.36. The van der Waals surface area contributed by atoms with E-state index in [-0.39, 0.29) is 17.2 Å². The van der Waals surface area contributed by atoms with E-state index < -0.39 is 34.9 Å². The van der Waals surface area contributed by atoms with E-state index in [1.165, 1.54) is 23.5 Å². The summed E-state index contributed by atoms with van der Waals surface area (Å²) in [6.07, 6.45) is 0. The minimum Gasteiger partial charge on any atom is -0.347 e. The summed E-state index contributed by atoms with van der Waals surface area (Å²) in [5.74, 6) is -2.05. The van der Waals surface area contributed by atoms with Crippen molar-refractivity contribution in [2.75, 3.05) is 6.54 Å². The summed E-state index contributed by atoms with van der Waals surface area (Å²) in [4.78, 5) is 48.9. The van der Waals surface area contributed by atoms with E-state index in [1.54, 1.807) is 6.92 Å². The number of carbonyl (C=O) groups excluding carboxylic acids is 3. The minimum atomic E-state index is -0.828. The lowest BCUT2D eigenvalue weighted by Crippen LogP contribution is -2.41. The number of nitro benzene ring substituents is 1. The fourth-order valence-corrected chi connectivity index (χ4v) is 3.39. The van der Waals surface area contributed by atoms with Crippen molar-refractivity contribution in [1.29, 1.82) is 0 Å². The maximum Gasteiger partial charge on any atom is 0.282 e. The van der Waals surface area contributed by atoms with Crippen molar-refractivity contribution in [3.63, 3.8) is 0 Å². The van der Waals surface area contributed by atoms with Gasteiger partial charge >= 0.3 is 0 Å². The Morgan fingerprint density at radius 2 is 2.04 bits per heavy atom. The summed E-state index contributed by atoms with van der Waals surface area (Å²) < 4.78 is 0. The number of hydrogen-bond acceptors (Lipinski definition) is 6. The molecule has 0 unspecified atom stereocenters. The zero-order valence-electron chi connectivity index (χ0n) is 13.1. The number of hydrogen-bond donors (Lipinski definition) is 1. The number of nitrogens with one attached hydrogen (secondary N) is 1. The van der Waals surface area contributed by atoms with Gasteiger partial charge in [0.1, 0.15) is 12.1 Å². The van der Waals surface area contributed by atoms with Gasteiger partial charge in [-0.25, -0.2) is 0 Å². The van der Waals surface area contributed by atoms with Gasteiger partial charge in [-0.05, 0) is 24.4 Å². The Kier molecular flexibility index (Phi) is 4.32. The molecule has 1 aromatic carbocycles. The molecule has 1 aliphatic rings. The van der Waals surface area contributed by atoms with Gasteiger partial charge in [-0.1, -0.05) is 12.1 Å². The molecular weight excluding hydrogens is 346 g/mol. The number of nitro groups is 1. The highest BCUT2D eigenvalue weighted by atomic mass is 32.1. The molecule has 128 valence electrons. The van der Waals surface area contributed by atoms with Gasteiger partial charge in [0.05, 0.1) is 16.5 Å². The van der Waals surface area contributed by atoms with Crippen LogP contribution in [-0.4, -0.2) is 34.1 Å². The third-order valence-electron chi connectivity index (χ3n) is 3.82. The normalized spacial score (nSPS) is 14.4. The van der Waals surface area contributed by atoms with Gasteiger partial charge in [0.2, 0.25) is 5.91 Å². The lowest BCUT2D eigenvalue weighted by molar-refractivity contribution is -0.385. The second-order valence-corrected chi connectivity index (χ2v) is 6.44. The molecule has 3 amide bonds. The van der Waals surface area contributed by atoms with Crippen molar-refractivity contribution in [1.82, 2.24) is 10.2 Å². The van der Waals surface area contributed by atoms with Crippen LogP contribution >= 0.6 is 11.3 Å². The number of benzene rings is 1. The van der Waals surface area contributed by atoms with Crippen molar-refractivity contribution in [3.8, 4) is 0 Å². The highest BCUT2D eigenvalue weighted by Crippen LogP contribution is 2.30. The Morgan fingerprint density at radius 3 is 2.68 bits per heavy atom. The number of rotatable bonds is 5. The fraction of sp³-hybridized carbons (Fsp3) is 0.188. The maximum absolute atomic E-state index is 12.4. The monoisotopic (exact) mass is 359 g/mol. The van der Waals surface area contributed by atoms with E-state index in [4.69, 9.17) is 0 Å². The van der Waals surface area contributed by atoms with Gasteiger partial charge in [0.15, 0.2) is 0 Å². The second kappa shape index (κ2) is 6.44. The first-order valence-corrected chi connectivity index (χ1v) is 8.24. The molecule has 25 heavy (non-hydrogen) atoms. The topological polar surface area (TPSA) is 110 Å². The zero-order chi connectivity index (χ0) is 18.1. The summed E-state index contributed by atoms with van der Waals surface area (Å²) >= 11 is 1.47. The van der Waals surface area contributed by atoms with Crippen LogP contribution < -0.4 is 5.32 Å². The van der Waals surface area contributed by atoms with Crippen LogP contribution in [-0.2, 0) is 4.79 Å². The average Bonchev–Trinajstić information content (AvgIpc) is 3.18. The van der Waals surface area contributed by atoms with Crippen LogP contribution in [0.1, 0.15) is 38.6 Å². The van der Waals surface area contributed by atoms with E-state index in [0.717, 1.165) is 15.8 Å². The molecule has 1 N–H and O–H groups in total. The third-order valence-corrected chi connectivity index (χ3v) is 4.88. The van der Waals surface area contributed by atoms with Gasteiger partial charge < -0.3 is 5.32 Å². The summed E-state index contributed by atoms with van der Waals surface area (Å²) in [5.41, 5.74) is -0.763. The van der Waals surface area contributed by atoms with Crippen LogP contribution in [0.25, 0.3) is 0 Å². The molecule has 0 aliphatic carbocycles. The Balaban J connectivity index is 1.77. The standard InChI is InChI=1S/C16H13N3O5S/c1-9(12-6-3-7-25-12)17-13(20)8-18-15(21)10-4-2-5-11(19(23)24)14(10)16(18)22/h2-7,9H,8H2,1H3,(H,17,20)/t9-/m0/s1. The highest BCUT2D eigenvalue weighted by molar-refractivity contribution is 7.10. The van der Waals surface area contributed by atoms with Crippen molar-refractivity contribution >= 4 is 34.7 Å². The molecule has 1 aliphatic heterocycles. The lowest BCUT2D eigenvalue weighted by atomic mass is 10.1. The molecule has 0 saturated heterocycles. The zero-order valence-corrected chi connectivity index (χ0v) is 13.9. The number of carbonyl (C=O) groups is 3. The molecule has 2 aromatic rings. The van der Waals surface area contributed by atoms with Gasteiger partial charge in [-0.3, -0.25) is 29.4 Å². The van der Waals surface area contributed by atoms with Crippen molar-refractivity contribution in [2.45, 2.75) is 13.0 Å². The van der Waals surface area contributed by atoms with Gasteiger partial charge in [0, 0.05) is 10.9 Å². The summed E-state index contributed by atoms with van der Waals surface area (Å²) in [6.45, 7) is 1.30. The molecule has 8 nitrogen and oxygen atoms in total. The van der Waals surface area contributed by atoms with Crippen LogP contribution in [0.3, 0.4) is 0 Å². The molecule has 9 heteroatoms. The Hall–Kier alpha value is -3.07. The molecule has 3 rings (SSSR count). The molecule has 1 atom stereocenters.